The van der Waals surface area contributed by atoms with E-state index < -0.39 is 0 Å². The van der Waals surface area contributed by atoms with E-state index in [0.29, 0.717) is 11.8 Å². The molecule has 1 unspecified atom stereocenters. The summed E-state index contributed by atoms with van der Waals surface area (Å²) in [6.45, 7) is 13.9. The first-order valence-electron chi connectivity index (χ1n) is 9.68. The van der Waals surface area contributed by atoms with Crippen molar-refractivity contribution in [1.29, 1.82) is 0 Å². The number of aliphatic hydroxyl groups excluding tert-OH is 1. The summed E-state index contributed by atoms with van der Waals surface area (Å²) in [7, 11) is 0. The third-order valence-electron chi connectivity index (χ3n) is 6.04. The second-order valence-electron chi connectivity index (χ2n) is 9.62. The maximum absolute atomic E-state index is 9.98. The molecule has 1 saturated carbocycles. The Labute approximate surface area is 148 Å². The molecule has 2 aliphatic carbocycles. The minimum Gasteiger partial charge on any atom is -0.393 e. The van der Waals surface area contributed by atoms with Crippen LogP contribution >= 0.6 is 0 Å². The Hall–Kier alpha value is -1.08. The Bertz CT molecular complexity index is 644. The normalized spacial score (nSPS) is 26.5. The summed E-state index contributed by atoms with van der Waals surface area (Å²) >= 11 is 0. The van der Waals surface area contributed by atoms with E-state index in [1.54, 1.807) is 0 Å². The maximum atomic E-state index is 9.98. The smallest absolute Gasteiger partial charge is 0.0579 e. The van der Waals surface area contributed by atoms with Gasteiger partial charge in [0.25, 0.3) is 0 Å². The van der Waals surface area contributed by atoms with E-state index in [0.717, 1.165) is 12.8 Å². The third-order valence-corrected chi connectivity index (χ3v) is 6.04. The molecule has 0 aliphatic heterocycles. The molecule has 0 amide bonds. The van der Waals surface area contributed by atoms with Gasteiger partial charge in [-0.1, -0.05) is 72.2 Å². The Morgan fingerprint density at radius 2 is 1.92 bits per heavy atom. The molecule has 1 nitrogen and oxygen atoms in total. The lowest BCUT2D eigenvalue weighted by molar-refractivity contribution is 0.248. The Kier molecular flexibility index (Phi) is 4.45. The van der Waals surface area contributed by atoms with Crippen LogP contribution in [0.4, 0.5) is 0 Å². The highest BCUT2D eigenvalue weighted by Gasteiger charge is 2.42. The van der Waals surface area contributed by atoms with Crippen molar-refractivity contribution in [1.82, 2.24) is 0 Å². The van der Waals surface area contributed by atoms with Crippen molar-refractivity contribution in [3.63, 3.8) is 0 Å². The number of hydrogen-bond acceptors (Lipinski definition) is 1. The fraction of sp³-hybridized carbons (Fsp3) is 0.652. The van der Waals surface area contributed by atoms with Crippen LogP contribution in [0.25, 0.3) is 5.57 Å². The molecule has 0 bridgehead atoms. The van der Waals surface area contributed by atoms with Crippen molar-refractivity contribution in [3.8, 4) is 0 Å². The molecule has 1 aromatic rings. The predicted molar refractivity (Wildman–Crippen MR) is 103 cm³/mol. The van der Waals surface area contributed by atoms with Gasteiger partial charge in [-0.15, -0.1) is 0 Å². The Morgan fingerprint density at radius 3 is 2.46 bits per heavy atom. The quantitative estimate of drug-likeness (QED) is 0.713. The Morgan fingerprint density at radius 1 is 1.25 bits per heavy atom. The molecular weight excluding hydrogens is 292 g/mol. The van der Waals surface area contributed by atoms with Crippen LogP contribution in [0.5, 0.6) is 0 Å². The zero-order chi connectivity index (χ0) is 17.7. The standard InChI is InChI=1S/C23H34O/c1-7-8-16(17-14-21(17)24)15-9-10-20-18(13-15)19(22(2,3)4)11-12-23(20,5)6/h9-11,13,16-17,21,24H,7-8,12,14H2,1-6H3/t16-,17-,21?/m1/s1. The van der Waals surface area contributed by atoms with E-state index in [-0.39, 0.29) is 16.9 Å². The second-order valence-corrected chi connectivity index (χ2v) is 9.62. The summed E-state index contributed by atoms with van der Waals surface area (Å²) in [5.41, 5.74) is 6.25. The maximum Gasteiger partial charge on any atom is 0.0579 e. The van der Waals surface area contributed by atoms with Gasteiger partial charge in [-0.3, -0.25) is 0 Å². The number of fused-ring (bicyclic) bond motifs is 1. The van der Waals surface area contributed by atoms with Gasteiger partial charge in [0.05, 0.1) is 6.10 Å². The molecule has 1 N–H and O–H groups in total. The van der Waals surface area contributed by atoms with Crippen molar-refractivity contribution in [2.75, 3.05) is 0 Å². The van der Waals surface area contributed by atoms with Crippen LogP contribution in [0.3, 0.4) is 0 Å². The summed E-state index contributed by atoms with van der Waals surface area (Å²) < 4.78 is 0. The lowest BCUT2D eigenvalue weighted by Gasteiger charge is -2.37. The minimum absolute atomic E-state index is 0.0772. The molecule has 1 heteroatoms. The van der Waals surface area contributed by atoms with Gasteiger partial charge in [0, 0.05) is 0 Å². The van der Waals surface area contributed by atoms with Crippen molar-refractivity contribution in [3.05, 3.63) is 41.0 Å². The molecule has 0 aromatic heterocycles. The average molecular weight is 327 g/mol. The SMILES string of the molecule is CCC[C@H](c1ccc2c(c1)C(C(C)(C)C)=CCC2(C)C)[C@H]1CC1O. The van der Waals surface area contributed by atoms with E-state index in [1.165, 1.54) is 35.1 Å². The molecule has 24 heavy (non-hydrogen) atoms. The van der Waals surface area contributed by atoms with Gasteiger partial charge in [0.15, 0.2) is 0 Å². The van der Waals surface area contributed by atoms with Gasteiger partial charge in [0.1, 0.15) is 0 Å². The summed E-state index contributed by atoms with van der Waals surface area (Å²) in [6.07, 6.45) is 6.84. The molecule has 0 radical (unpaired) electrons. The number of rotatable bonds is 4. The van der Waals surface area contributed by atoms with Crippen LogP contribution in [0.15, 0.2) is 24.3 Å². The highest BCUT2D eigenvalue weighted by atomic mass is 16.3. The van der Waals surface area contributed by atoms with Crippen molar-refractivity contribution in [2.24, 2.45) is 11.3 Å². The fourth-order valence-electron chi connectivity index (χ4n) is 4.46. The van der Waals surface area contributed by atoms with Crippen LogP contribution in [0.1, 0.15) is 89.8 Å². The molecule has 1 aromatic carbocycles. The molecule has 2 aliphatic rings. The van der Waals surface area contributed by atoms with E-state index in [2.05, 4.69) is 65.8 Å². The Balaban J connectivity index is 2.06. The first-order chi connectivity index (χ1) is 11.1. The summed E-state index contributed by atoms with van der Waals surface area (Å²) in [5, 5.41) is 9.98. The monoisotopic (exact) mass is 326 g/mol. The van der Waals surface area contributed by atoms with E-state index in [1.807, 2.05) is 0 Å². The van der Waals surface area contributed by atoms with Gasteiger partial charge in [-0.2, -0.15) is 0 Å². The number of hydrogen-bond donors (Lipinski definition) is 1. The van der Waals surface area contributed by atoms with Crippen LogP contribution in [0.2, 0.25) is 0 Å². The van der Waals surface area contributed by atoms with Gasteiger partial charge in [-0.25, -0.2) is 0 Å². The second kappa shape index (κ2) is 6.02. The summed E-state index contributed by atoms with van der Waals surface area (Å²) in [6, 6.07) is 7.18. The summed E-state index contributed by atoms with van der Waals surface area (Å²) in [5.74, 6) is 0.989. The average Bonchev–Trinajstić information content (AvgIpc) is 3.19. The van der Waals surface area contributed by atoms with Crippen LogP contribution in [-0.2, 0) is 5.41 Å². The number of benzene rings is 1. The molecule has 0 spiro atoms. The molecule has 3 atom stereocenters. The largest absolute Gasteiger partial charge is 0.393 e. The molecule has 0 heterocycles. The van der Waals surface area contributed by atoms with Gasteiger partial charge in [0.2, 0.25) is 0 Å². The highest BCUT2D eigenvalue weighted by molar-refractivity contribution is 5.75. The van der Waals surface area contributed by atoms with Crippen LogP contribution in [0, 0.1) is 11.3 Å². The van der Waals surface area contributed by atoms with Crippen LogP contribution < -0.4 is 0 Å². The molecule has 3 rings (SSSR count). The molecule has 132 valence electrons. The van der Waals surface area contributed by atoms with E-state index in [9.17, 15) is 5.11 Å². The first-order valence-corrected chi connectivity index (χ1v) is 9.68. The topological polar surface area (TPSA) is 20.2 Å². The van der Waals surface area contributed by atoms with E-state index >= 15 is 0 Å². The third kappa shape index (κ3) is 3.20. The van der Waals surface area contributed by atoms with E-state index in [4.69, 9.17) is 0 Å². The zero-order valence-corrected chi connectivity index (χ0v) is 16.3. The number of allylic oxidation sites excluding steroid dienone is 2. The lowest BCUT2D eigenvalue weighted by atomic mass is 9.67. The predicted octanol–water partition coefficient (Wildman–Crippen LogP) is 6.06. The fourth-order valence-corrected chi connectivity index (χ4v) is 4.46. The number of aliphatic hydroxyl groups is 1. The molecular formula is C23H34O. The van der Waals surface area contributed by atoms with Crippen molar-refractivity contribution < 1.29 is 5.11 Å². The summed E-state index contributed by atoms with van der Waals surface area (Å²) in [4.78, 5) is 0. The minimum atomic E-state index is -0.0772. The zero-order valence-electron chi connectivity index (χ0n) is 16.3. The lowest BCUT2D eigenvalue weighted by Crippen LogP contribution is -2.25. The van der Waals surface area contributed by atoms with Crippen molar-refractivity contribution >= 4 is 5.57 Å². The molecule has 1 fully saturated rings. The van der Waals surface area contributed by atoms with Crippen LogP contribution in [-0.4, -0.2) is 11.2 Å². The van der Waals surface area contributed by atoms with Gasteiger partial charge >= 0.3 is 0 Å². The first kappa shape index (κ1) is 17.7. The van der Waals surface area contributed by atoms with Crippen molar-refractivity contribution in [2.45, 2.75) is 84.7 Å². The van der Waals surface area contributed by atoms with Gasteiger partial charge < -0.3 is 5.11 Å². The van der Waals surface area contributed by atoms with Gasteiger partial charge in [-0.05, 0) is 64.2 Å². The molecule has 0 saturated heterocycles. The highest BCUT2D eigenvalue weighted by Crippen LogP contribution is 2.49.